The first-order valence-electron chi connectivity index (χ1n) is 7.30. The molecule has 0 saturated carbocycles. The van der Waals surface area contributed by atoms with Crippen LogP contribution in [-0.4, -0.2) is 23.1 Å². The third-order valence-electron chi connectivity index (χ3n) is 4.10. The molecule has 2 heterocycles. The van der Waals surface area contributed by atoms with Gasteiger partial charge in [-0.15, -0.1) is 0 Å². The van der Waals surface area contributed by atoms with E-state index in [2.05, 4.69) is 33.1 Å². The van der Waals surface area contributed by atoms with Crippen LogP contribution in [0.25, 0.3) is 0 Å². The van der Waals surface area contributed by atoms with Crippen LogP contribution in [0.5, 0.6) is 0 Å². The molecule has 0 aliphatic carbocycles. The van der Waals surface area contributed by atoms with Crippen molar-refractivity contribution in [1.29, 1.82) is 5.26 Å². The molecule has 0 bridgehead atoms. The highest BCUT2D eigenvalue weighted by Crippen LogP contribution is 2.29. The number of nitrogens with zero attached hydrogens (tertiary/aromatic N) is 4. The molecule has 1 aromatic carbocycles. The highest BCUT2D eigenvalue weighted by atomic mass is 15.2. The predicted octanol–water partition coefficient (Wildman–Crippen LogP) is 3.04. The van der Waals surface area contributed by atoms with Gasteiger partial charge < -0.3 is 4.90 Å². The molecule has 0 atom stereocenters. The van der Waals surface area contributed by atoms with Crippen LogP contribution in [0.4, 0.5) is 5.82 Å². The summed E-state index contributed by atoms with van der Waals surface area (Å²) in [4.78, 5) is 11.1. The van der Waals surface area contributed by atoms with Crippen LogP contribution in [-0.2, 0) is 0 Å². The SMILES string of the molecule is Cc1cnc(N2CCC(c3ccc(C#N)cc3)CC2)cn1. The fourth-order valence-corrected chi connectivity index (χ4v) is 2.82. The van der Waals surface area contributed by atoms with Gasteiger partial charge in [-0.2, -0.15) is 5.26 Å². The third kappa shape index (κ3) is 3.03. The van der Waals surface area contributed by atoms with Gasteiger partial charge in [-0.1, -0.05) is 12.1 Å². The number of aromatic nitrogens is 2. The van der Waals surface area contributed by atoms with Crippen molar-refractivity contribution in [3.05, 3.63) is 53.5 Å². The van der Waals surface area contributed by atoms with E-state index in [1.54, 1.807) is 0 Å². The van der Waals surface area contributed by atoms with Gasteiger partial charge in [0.1, 0.15) is 5.82 Å². The zero-order valence-electron chi connectivity index (χ0n) is 12.2. The molecule has 1 aromatic heterocycles. The molecule has 0 spiro atoms. The second-order valence-electron chi connectivity index (χ2n) is 5.51. The van der Waals surface area contributed by atoms with Crippen molar-refractivity contribution in [1.82, 2.24) is 9.97 Å². The van der Waals surface area contributed by atoms with Crippen LogP contribution in [0.1, 0.15) is 35.6 Å². The first kappa shape index (κ1) is 13.6. The van der Waals surface area contributed by atoms with Crippen LogP contribution in [0, 0.1) is 18.3 Å². The summed E-state index contributed by atoms with van der Waals surface area (Å²) < 4.78 is 0. The van der Waals surface area contributed by atoms with Gasteiger partial charge in [-0.05, 0) is 43.4 Å². The number of aryl methyl sites for hydroxylation is 1. The molecular formula is C17H18N4. The van der Waals surface area contributed by atoms with Crippen LogP contribution >= 0.6 is 0 Å². The number of rotatable bonds is 2. The van der Waals surface area contributed by atoms with Gasteiger partial charge >= 0.3 is 0 Å². The topological polar surface area (TPSA) is 52.8 Å². The molecule has 0 N–H and O–H groups in total. The van der Waals surface area contributed by atoms with Gasteiger partial charge in [-0.25, -0.2) is 4.98 Å². The zero-order valence-corrected chi connectivity index (χ0v) is 12.2. The maximum Gasteiger partial charge on any atom is 0.147 e. The van der Waals surface area contributed by atoms with E-state index >= 15 is 0 Å². The van der Waals surface area contributed by atoms with Gasteiger partial charge in [0, 0.05) is 13.1 Å². The van der Waals surface area contributed by atoms with Crippen molar-refractivity contribution in [2.75, 3.05) is 18.0 Å². The monoisotopic (exact) mass is 278 g/mol. The maximum absolute atomic E-state index is 8.85. The standard InChI is InChI=1S/C17H18N4/c1-13-11-20-17(12-19-13)21-8-6-16(7-9-21)15-4-2-14(10-18)3-5-15/h2-5,11-12,16H,6-9H2,1H3. The van der Waals surface area contributed by atoms with Crippen molar-refractivity contribution in [3.8, 4) is 6.07 Å². The Morgan fingerprint density at radius 2 is 1.81 bits per heavy atom. The van der Waals surface area contributed by atoms with Crippen molar-refractivity contribution in [3.63, 3.8) is 0 Å². The molecule has 106 valence electrons. The summed E-state index contributed by atoms with van der Waals surface area (Å²) in [6.07, 6.45) is 5.91. The van der Waals surface area contributed by atoms with Crippen LogP contribution < -0.4 is 4.90 Å². The summed E-state index contributed by atoms with van der Waals surface area (Å²) in [5, 5.41) is 8.85. The zero-order chi connectivity index (χ0) is 14.7. The molecule has 1 aliphatic rings. The molecular weight excluding hydrogens is 260 g/mol. The molecule has 0 unspecified atom stereocenters. The average molecular weight is 278 g/mol. The number of hydrogen-bond donors (Lipinski definition) is 0. The Morgan fingerprint density at radius 3 is 2.38 bits per heavy atom. The summed E-state index contributed by atoms with van der Waals surface area (Å²) >= 11 is 0. The lowest BCUT2D eigenvalue weighted by Gasteiger charge is -2.32. The minimum absolute atomic E-state index is 0.576. The Bertz CT molecular complexity index is 632. The smallest absolute Gasteiger partial charge is 0.147 e. The first-order chi connectivity index (χ1) is 10.3. The third-order valence-corrected chi connectivity index (χ3v) is 4.10. The molecule has 1 saturated heterocycles. The Morgan fingerprint density at radius 1 is 1.10 bits per heavy atom. The lowest BCUT2D eigenvalue weighted by atomic mass is 9.89. The summed E-state index contributed by atoms with van der Waals surface area (Å²) in [6.45, 7) is 3.96. The fourth-order valence-electron chi connectivity index (χ4n) is 2.82. The summed E-state index contributed by atoms with van der Waals surface area (Å²) in [6, 6.07) is 10.2. The second-order valence-corrected chi connectivity index (χ2v) is 5.51. The molecule has 21 heavy (non-hydrogen) atoms. The molecule has 4 nitrogen and oxygen atoms in total. The van der Waals surface area contributed by atoms with Gasteiger partial charge in [0.2, 0.25) is 0 Å². The van der Waals surface area contributed by atoms with Crippen molar-refractivity contribution >= 4 is 5.82 Å². The van der Waals surface area contributed by atoms with Crippen LogP contribution in [0.2, 0.25) is 0 Å². The van der Waals surface area contributed by atoms with Gasteiger partial charge in [-0.3, -0.25) is 4.98 Å². The van der Waals surface area contributed by atoms with Crippen molar-refractivity contribution in [2.24, 2.45) is 0 Å². The highest BCUT2D eigenvalue weighted by Gasteiger charge is 2.21. The van der Waals surface area contributed by atoms with E-state index in [4.69, 9.17) is 5.26 Å². The Balaban J connectivity index is 1.64. The molecule has 3 rings (SSSR count). The molecule has 1 fully saturated rings. The number of piperidine rings is 1. The van der Waals surface area contributed by atoms with Gasteiger partial charge in [0.05, 0.1) is 29.7 Å². The Hall–Kier alpha value is -2.41. The number of hydrogen-bond acceptors (Lipinski definition) is 4. The first-order valence-corrected chi connectivity index (χ1v) is 7.30. The maximum atomic E-state index is 8.85. The van der Waals surface area contributed by atoms with E-state index in [0.717, 1.165) is 43.0 Å². The van der Waals surface area contributed by atoms with Crippen molar-refractivity contribution < 1.29 is 0 Å². The Labute approximate surface area is 125 Å². The second kappa shape index (κ2) is 5.92. The predicted molar refractivity (Wildman–Crippen MR) is 82.1 cm³/mol. The normalized spacial score (nSPS) is 15.7. The van der Waals surface area contributed by atoms with Crippen LogP contribution in [0.3, 0.4) is 0 Å². The number of nitriles is 1. The Kier molecular flexibility index (Phi) is 3.83. The van der Waals surface area contributed by atoms with E-state index in [1.807, 2.05) is 31.5 Å². The van der Waals surface area contributed by atoms with E-state index < -0.39 is 0 Å². The van der Waals surface area contributed by atoms with Gasteiger partial charge in [0.25, 0.3) is 0 Å². The van der Waals surface area contributed by atoms with Crippen LogP contribution in [0.15, 0.2) is 36.7 Å². The minimum atomic E-state index is 0.576. The molecule has 4 heteroatoms. The summed E-state index contributed by atoms with van der Waals surface area (Å²) in [5.74, 6) is 1.55. The minimum Gasteiger partial charge on any atom is -0.355 e. The molecule has 0 radical (unpaired) electrons. The quantitative estimate of drug-likeness (QED) is 0.847. The largest absolute Gasteiger partial charge is 0.355 e. The van der Waals surface area contributed by atoms with Gasteiger partial charge in [0.15, 0.2) is 0 Å². The lowest BCUT2D eigenvalue weighted by Crippen LogP contribution is -2.33. The number of benzene rings is 1. The fraction of sp³-hybridized carbons (Fsp3) is 0.353. The summed E-state index contributed by atoms with van der Waals surface area (Å²) in [7, 11) is 0. The van der Waals surface area contributed by atoms with E-state index in [1.165, 1.54) is 5.56 Å². The molecule has 1 aliphatic heterocycles. The number of anilines is 1. The molecule has 0 amide bonds. The van der Waals surface area contributed by atoms with Crippen molar-refractivity contribution in [2.45, 2.75) is 25.7 Å². The summed E-state index contributed by atoms with van der Waals surface area (Å²) in [5.41, 5.74) is 3.01. The molecule has 2 aromatic rings. The van der Waals surface area contributed by atoms with E-state index in [0.29, 0.717) is 5.92 Å². The highest BCUT2D eigenvalue weighted by molar-refractivity contribution is 5.38. The van der Waals surface area contributed by atoms with E-state index in [-0.39, 0.29) is 0 Å². The average Bonchev–Trinajstić information content (AvgIpc) is 2.56. The van der Waals surface area contributed by atoms with E-state index in [9.17, 15) is 0 Å². The lowest BCUT2D eigenvalue weighted by molar-refractivity contribution is 0.502.